The lowest BCUT2D eigenvalue weighted by molar-refractivity contribution is 0.887. The van der Waals surface area contributed by atoms with E-state index in [1.54, 1.807) is 23.1 Å². The third-order valence-electron chi connectivity index (χ3n) is 2.94. The molecule has 0 fully saturated rings. The van der Waals surface area contributed by atoms with Gasteiger partial charge in [0.15, 0.2) is 4.34 Å². The van der Waals surface area contributed by atoms with E-state index in [9.17, 15) is 4.79 Å². The van der Waals surface area contributed by atoms with Crippen molar-refractivity contribution in [2.75, 3.05) is 0 Å². The highest BCUT2D eigenvalue weighted by atomic mass is 32.2. The lowest BCUT2D eigenvalue weighted by atomic mass is 10.3. The lowest BCUT2D eigenvalue weighted by Gasteiger charge is -1.98. The summed E-state index contributed by atoms with van der Waals surface area (Å²) in [5.74, 6) is 0.987. The van der Waals surface area contributed by atoms with Crippen LogP contribution >= 0.6 is 23.1 Å². The van der Waals surface area contributed by atoms with Crippen LogP contribution in [0.5, 0.6) is 0 Å². The van der Waals surface area contributed by atoms with Gasteiger partial charge in [0.25, 0.3) is 11.3 Å². The molecular formula is C13H9N5OS2. The molecular weight excluding hydrogens is 306 g/mol. The van der Waals surface area contributed by atoms with Crippen molar-refractivity contribution in [1.82, 2.24) is 24.6 Å². The average molecular weight is 315 g/mol. The van der Waals surface area contributed by atoms with E-state index in [0.29, 0.717) is 17.2 Å². The van der Waals surface area contributed by atoms with Crippen LogP contribution < -0.4 is 5.56 Å². The molecule has 0 spiro atoms. The highest BCUT2D eigenvalue weighted by Gasteiger charge is 2.07. The molecule has 0 radical (unpaired) electrons. The highest BCUT2D eigenvalue weighted by molar-refractivity contribution is 8.00. The van der Waals surface area contributed by atoms with Gasteiger partial charge >= 0.3 is 0 Å². The maximum Gasteiger partial charge on any atom is 0.274 e. The number of fused-ring (bicyclic) bond motifs is 2. The van der Waals surface area contributed by atoms with Crippen molar-refractivity contribution in [3.8, 4) is 0 Å². The van der Waals surface area contributed by atoms with Crippen molar-refractivity contribution in [2.24, 2.45) is 0 Å². The Morgan fingerprint density at radius 1 is 1.29 bits per heavy atom. The number of thiazole rings is 1. The Hall–Kier alpha value is -2.19. The molecule has 0 atom stereocenters. The van der Waals surface area contributed by atoms with Gasteiger partial charge in [-0.1, -0.05) is 23.9 Å². The van der Waals surface area contributed by atoms with Crippen molar-refractivity contribution in [3.05, 3.63) is 52.7 Å². The molecule has 0 amide bonds. The van der Waals surface area contributed by atoms with Crippen molar-refractivity contribution < 1.29 is 0 Å². The van der Waals surface area contributed by atoms with Crippen LogP contribution in [0.15, 0.2) is 45.8 Å². The van der Waals surface area contributed by atoms with E-state index in [1.165, 1.54) is 16.9 Å². The monoisotopic (exact) mass is 315 g/mol. The largest absolute Gasteiger partial charge is 0.278 e. The SMILES string of the molecule is O=c1cc(CSc2nc3ccccc3s2)nc2nc[nH]n12. The quantitative estimate of drug-likeness (QED) is 0.587. The van der Waals surface area contributed by atoms with Gasteiger partial charge in [0, 0.05) is 11.8 Å². The van der Waals surface area contributed by atoms with E-state index in [4.69, 9.17) is 0 Å². The number of H-pyrrole nitrogens is 1. The summed E-state index contributed by atoms with van der Waals surface area (Å²) in [6, 6.07) is 9.55. The van der Waals surface area contributed by atoms with Gasteiger partial charge in [-0.15, -0.1) is 11.3 Å². The number of aromatic nitrogens is 5. The van der Waals surface area contributed by atoms with Crippen molar-refractivity contribution >= 4 is 39.1 Å². The molecule has 1 aromatic carbocycles. The molecule has 0 aliphatic heterocycles. The Balaban J connectivity index is 1.61. The third kappa shape index (κ3) is 2.32. The zero-order valence-electron chi connectivity index (χ0n) is 10.7. The van der Waals surface area contributed by atoms with Gasteiger partial charge < -0.3 is 0 Å². The molecule has 3 heterocycles. The molecule has 8 heteroatoms. The van der Waals surface area contributed by atoms with Crippen LogP contribution in [-0.2, 0) is 5.75 Å². The number of hydrogen-bond donors (Lipinski definition) is 1. The summed E-state index contributed by atoms with van der Waals surface area (Å²) in [7, 11) is 0. The number of nitrogens with one attached hydrogen (secondary N) is 1. The van der Waals surface area contributed by atoms with Crippen molar-refractivity contribution in [1.29, 1.82) is 0 Å². The van der Waals surface area contributed by atoms with Crippen molar-refractivity contribution in [3.63, 3.8) is 0 Å². The fraction of sp³-hybridized carbons (Fsp3) is 0.0769. The van der Waals surface area contributed by atoms with Gasteiger partial charge in [-0.05, 0) is 12.1 Å². The van der Waals surface area contributed by atoms with Crippen LogP contribution in [0.4, 0.5) is 0 Å². The van der Waals surface area contributed by atoms with Crippen LogP contribution in [-0.4, -0.2) is 24.6 Å². The summed E-state index contributed by atoms with van der Waals surface area (Å²) in [6.45, 7) is 0. The Morgan fingerprint density at radius 3 is 3.10 bits per heavy atom. The zero-order chi connectivity index (χ0) is 14.2. The molecule has 0 saturated carbocycles. The number of hydrogen-bond acceptors (Lipinski definition) is 6. The second-order valence-electron chi connectivity index (χ2n) is 4.34. The average Bonchev–Trinajstić information content (AvgIpc) is 3.11. The van der Waals surface area contributed by atoms with Crippen molar-refractivity contribution in [2.45, 2.75) is 10.1 Å². The standard InChI is InChI=1S/C13H9N5OS2/c19-11-5-8(16-12-14-7-15-18(11)12)6-20-13-17-9-3-1-2-4-10(9)21-13/h1-5,7H,6H2,(H,14,15,16). The Kier molecular flexibility index (Phi) is 2.97. The van der Waals surface area contributed by atoms with E-state index < -0.39 is 0 Å². The fourth-order valence-electron chi connectivity index (χ4n) is 1.99. The summed E-state index contributed by atoms with van der Waals surface area (Å²) in [4.78, 5) is 24.7. The molecule has 6 nitrogen and oxygen atoms in total. The molecule has 0 unspecified atom stereocenters. The topological polar surface area (TPSA) is 75.9 Å². The first-order valence-corrected chi connectivity index (χ1v) is 8.00. The fourth-order valence-corrected chi connectivity index (χ4v) is 3.95. The molecule has 104 valence electrons. The number of benzene rings is 1. The number of rotatable bonds is 3. The first-order valence-electron chi connectivity index (χ1n) is 6.20. The Labute approximate surface area is 126 Å². The molecule has 21 heavy (non-hydrogen) atoms. The number of nitrogens with zero attached hydrogens (tertiary/aromatic N) is 4. The number of para-hydroxylation sites is 1. The second kappa shape index (κ2) is 4.97. The summed E-state index contributed by atoms with van der Waals surface area (Å²) in [6.07, 6.45) is 1.45. The second-order valence-corrected chi connectivity index (χ2v) is 6.60. The van der Waals surface area contributed by atoms with E-state index in [0.717, 1.165) is 14.6 Å². The number of aromatic amines is 1. The molecule has 0 aliphatic carbocycles. The molecule has 1 N–H and O–H groups in total. The predicted octanol–water partition coefficient (Wildman–Crippen LogP) is 2.32. The maximum absolute atomic E-state index is 11.8. The highest BCUT2D eigenvalue weighted by Crippen LogP contribution is 2.30. The van der Waals surface area contributed by atoms with E-state index in [1.807, 2.05) is 18.2 Å². The molecule has 4 rings (SSSR count). The zero-order valence-corrected chi connectivity index (χ0v) is 12.3. The smallest absolute Gasteiger partial charge is 0.274 e. The summed E-state index contributed by atoms with van der Waals surface area (Å²) < 4.78 is 3.45. The molecule has 3 aromatic heterocycles. The van der Waals surface area contributed by atoms with Crippen LogP contribution in [0.25, 0.3) is 16.0 Å². The molecule has 0 aliphatic rings. The maximum atomic E-state index is 11.8. The summed E-state index contributed by atoms with van der Waals surface area (Å²) in [5.41, 5.74) is 1.55. The Morgan fingerprint density at radius 2 is 2.19 bits per heavy atom. The predicted molar refractivity (Wildman–Crippen MR) is 82.8 cm³/mol. The van der Waals surface area contributed by atoms with E-state index >= 15 is 0 Å². The Bertz CT molecular complexity index is 954. The van der Waals surface area contributed by atoms with Crippen LogP contribution in [0.3, 0.4) is 0 Å². The van der Waals surface area contributed by atoms with Crippen LogP contribution in [0.1, 0.15) is 5.69 Å². The lowest BCUT2D eigenvalue weighted by Crippen LogP contribution is -2.15. The van der Waals surface area contributed by atoms with Gasteiger partial charge in [0.2, 0.25) is 0 Å². The van der Waals surface area contributed by atoms with Gasteiger partial charge in [-0.2, -0.15) is 4.52 Å². The van der Waals surface area contributed by atoms with Gasteiger partial charge in [-0.25, -0.2) is 15.0 Å². The first-order chi connectivity index (χ1) is 10.3. The van der Waals surface area contributed by atoms with E-state index in [2.05, 4.69) is 26.1 Å². The van der Waals surface area contributed by atoms with Crippen LogP contribution in [0.2, 0.25) is 0 Å². The molecule has 4 aromatic rings. The third-order valence-corrected chi connectivity index (χ3v) is 5.15. The van der Waals surface area contributed by atoms with E-state index in [-0.39, 0.29) is 5.56 Å². The van der Waals surface area contributed by atoms with Gasteiger partial charge in [-0.3, -0.25) is 9.89 Å². The minimum Gasteiger partial charge on any atom is -0.278 e. The summed E-state index contributed by atoms with van der Waals surface area (Å²) >= 11 is 3.22. The van der Waals surface area contributed by atoms with Gasteiger partial charge in [0.1, 0.15) is 6.33 Å². The first kappa shape index (κ1) is 12.5. The molecule has 0 saturated heterocycles. The summed E-state index contributed by atoms with van der Waals surface area (Å²) in [5, 5.41) is 2.72. The minimum absolute atomic E-state index is 0.155. The molecule has 0 bridgehead atoms. The normalized spacial score (nSPS) is 11.4. The minimum atomic E-state index is -0.155. The van der Waals surface area contributed by atoms with Crippen LogP contribution in [0, 0.1) is 0 Å². The van der Waals surface area contributed by atoms with Gasteiger partial charge in [0.05, 0.1) is 15.9 Å². The number of thioether (sulfide) groups is 1.